The minimum absolute atomic E-state index is 0.0160. The summed E-state index contributed by atoms with van der Waals surface area (Å²) in [5.74, 6) is 0. The lowest BCUT2D eigenvalue weighted by Crippen LogP contribution is -2.38. The van der Waals surface area contributed by atoms with Gasteiger partial charge in [0.2, 0.25) is 10.0 Å². The standard InChI is InChI=1S/C14H20N2O3S/c17-20(18,16-12-5-8-19-9-6-12)13-4-3-11-2-1-7-15-14(11)10-13/h3-4,10,12,15-16H,1-2,5-9H2. The summed E-state index contributed by atoms with van der Waals surface area (Å²) in [5, 5.41) is 3.27. The fourth-order valence-corrected chi connectivity index (χ4v) is 4.04. The number of benzene rings is 1. The van der Waals surface area contributed by atoms with Gasteiger partial charge in [-0.1, -0.05) is 6.07 Å². The fourth-order valence-electron chi connectivity index (χ4n) is 2.71. The minimum atomic E-state index is -3.44. The molecule has 1 fully saturated rings. The second-order valence-electron chi connectivity index (χ2n) is 5.36. The Balaban J connectivity index is 1.79. The zero-order valence-electron chi connectivity index (χ0n) is 11.4. The molecule has 5 nitrogen and oxygen atoms in total. The molecule has 1 saturated heterocycles. The van der Waals surface area contributed by atoms with Crippen LogP contribution < -0.4 is 10.0 Å². The van der Waals surface area contributed by atoms with E-state index >= 15 is 0 Å². The normalized spacial score (nSPS) is 20.2. The molecule has 2 aliphatic rings. The molecule has 0 saturated carbocycles. The number of anilines is 1. The summed E-state index contributed by atoms with van der Waals surface area (Å²) in [5.41, 5.74) is 2.15. The number of ether oxygens (including phenoxy) is 1. The maximum Gasteiger partial charge on any atom is 0.240 e. The molecule has 2 N–H and O–H groups in total. The van der Waals surface area contributed by atoms with Crippen LogP contribution in [0.15, 0.2) is 23.1 Å². The Hall–Kier alpha value is -1.11. The molecule has 20 heavy (non-hydrogen) atoms. The molecule has 6 heteroatoms. The molecular formula is C14H20N2O3S. The van der Waals surface area contributed by atoms with Gasteiger partial charge in [0.15, 0.2) is 0 Å². The van der Waals surface area contributed by atoms with E-state index in [1.54, 1.807) is 12.1 Å². The van der Waals surface area contributed by atoms with Gasteiger partial charge in [-0.15, -0.1) is 0 Å². The molecule has 0 bridgehead atoms. The second-order valence-corrected chi connectivity index (χ2v) is 7.07. The van der Waals surface area contributed by atoms with Gasteiger partial charge in [0.05, 0.1) is 4.90 Å². The minimum Gasteiger partial charge on any atom is -0.385 e. The van der Waals surface area contributed by atoms with E-state index in [4.69, 9.17) is 4.74 Å². The molecular weight excluding hydrogens is 276 g/mol. The number of sulfonamides is 1. The Morgan fingerprint density at radius 3 is 2.85 bits per heavy atom. The number of hydrogen-bond donors (Lipinski definition) is 2. The highest BCUT2D eigenvalue weighted by Gasteiger charge is 2.23. The number of hydrogen-bond acceptors (Lipinski definition) is 4. The van der Waals surface area contributed by atoms with Gasteiger partial charge in [-0.25, -0.2) is 13.1 Å². The molecule has 0 aromatic heterocycles. The highest BCUT2D eigenvalue weighted by molar-refractivity contribution is 7.89. The lowest BCUT2D eigenvalue weighted by molar-refractivity contribution is 0.0832. The number of rotatable bonds is 3. The SMILES string of the molecule is O=S(=O)(NC1CCOCC1)c1ccc2c(c1)NCCC2. The van der Waals surface area contributed by atoms with Crippen LogP contribution in [0.4, 0.5) is 5.69 Å². The van der Waals surface area contributed by atoms with E-state index < -0.39 is 10.0 Å². The van der Waals surface area contributed by atoms with Crippen LogP contribution in [-0.2, 0) is 21.2 Å². The fraction of sp³-hybridized carbons (Fsp3) is 0.571. The number of fused-ring (bicyclic) bond motifs is 1. The summed E-state index contributed by atoms with van der Waals surface area (Å²) < 4.78 is 32.8. The summed E-state index contributed by atoms with van der Waals surface area (Å²) in [6.07, 6.45) is 3.58. The molecule has 2 heterocycles. The van der Waals surface area contributed by atoms with Crippen molar-refractivity contribution in [1.82, 2.24) is 4.72 Å². The highest BCUT2D eigenvalue weighted by Crippen LogP contribution is 2.25. The molecule has 2 aliphatic heterocycles. The van der Waals surface area contributed by atoms with E-state index in [1.165, 1.54) is 5.56 Å². The van der Waals surface area contributed by atoms with Gasteiger partial charge in [-0.3, -0.25) is 0 Å². The summed E-state index contributed by atoms with van der Waals surface area (Å²) in [6, 6.07) is 5.35. The first kappa shape index (κ1) is 13.9. The predicted octanol–water partition coefficient (Wildman–Crippen LogP) is 1.50. The van der Waals surface area contributed by atoms with Crippen molar-refractivity contribution in [2.45, 2.75) is 36.6 Å². The Morgan fingerprint density at radius 1 is 1.25 bits per heavy atom. The molecule has 0 unspecified atom stereocenters. The Kier molecular flexibility index (Phi) is 3.96. The molecule has 3 rings (SSSR count). The Morgan fingerprint density at radius 2 is 2.05 bits per heavy atom. The van der Waals surface area contributed by atoms with Crippen LogP contribution in [0.5, 0.6) is 0 Å². The first-order valence-electron chi connectivity index (χ1n) is 7.12. The number of nitrogens with one attached hydrogen (secondary N) is 2. The quantitative estimate of drug-likeness (QED) is 0.887. The number of aryl methyl sites for hydroxylation is 1. The highest BCUT2D eigenvalue weighted by atomic mass is 32.2. The first-order chi connectivity index (χ1) is 9.65. The van der Waals surface area contributed by atoms with Crippen LogP contribution in [0.2, 0.25) is 0 Å². The molecule has 110 valence electrons. The summed E-state index contributed by atoms with van der Waals surface area (Å²) in [4.78, 5) is 0.345. The molecule has 0 atom stereocenters. The van der Waals surface area contributed by atoms with Crippen LogP contribution in [0.25, 0.3) is 0 Å². The van der Waals surface area contributed by atoms with Crippen LogP contribution in [0.1, 0.15) is 24.8 Å². The van der Waals surface area contributed by atoms with Crippen LogP contribution in [0.3, 0.4) is 0 Å². The summed E-state index contributed by atoms with van der Waals surface area (Å²) in [6.45, 7) is 2.15. The van der Waals surface area contributed by atoms with Crippen molar-refractivity contribution in [1.29, 1.82) is 0 Å². The third kappa shape index (κ3) is 2.97. The van der Waals surface area contributed by atoms with Crippen molar-refractivity contribution in [3.63, 3.8) is 0 Å². The van der Waals surface area contributed by atoms with Crippen molar-refractivity contribution in [2.75, 3.05) is 25.1 Å². The van der Waals surface area contributed by atoms with E-state index in [9.17, 15) is 8.42 Å². The third-order valence-corrected chi connectivity index (χ3v) is 5.39. The molecule has 0 amide bonds. The van der Waals surface area contributed by atoms with Gasteiger partial charge < -0.3 is 10.1 Å². The maximum absolute atomic E-state index is 12.4. The molecule has 0 spiro atoms. The lowest BCUT2D eigenvalue weighted by atomic mass is 10.0. The van der Waals surface area contributed by atoms with E-state index in [2.05, 4.69) is 10.0 Å². The largest absolute Gasteiger partial charge is 0.385 e. The Bertz CT molecular complexity index is 580. The van der Waals surface area contributed by atoms with Gasteiger partial charge in [0, 0.05) is 31.5 Å². The smallest absolute Gasteiger partial charge is 0.240 e. The summed E-state index contributed by atoms with van der Waals surface area (Å²) in [7, 11) is -3.44. The van der Waals surface area contributed by atoms with E-state index in [-0.39, 0.29) is 6.04 Å². The monoisotopic (exact) mass is 296 g/mol. The van der Waals surface area contributed by atoms with Crippen molar-refractivity contribution in [3.8, 4) is 0 Å². The van der Waals surface area contributed by atoms with Crippen molar-refractivity contribution in [2.24, 2.45) is 0 Å². The zero-order valence-corrected chi connectivity index (χ0v) is 12.2. The first-order valence-corrected chi connectivity index (χ1v) is 8.60. The van der Waals surface area contributed by atoms with Gasteiger partial charge in [-0.05, 0) is 43.4 Å². The average Bonchev–Trinajstić information content (AvgIpc) is 2.47. The molecule has 1 aromatic rings. The van der Waals surface area contributed by atoms with Crippen molar-refractivity contribution < 1.29 is 13.2 Å². The van der Waals surface area contributed by atoms with Crippen LogP contribution in [-0.4, -0.2) is 34.2 Å². The topological polar surface area (TPSA) is 67.4 Å². The maximum atomic E-state index is 12.4. The van der Waals surface area contributed by atoms with Gasteiger partial charge >= 0.3 is 0 Å². The van der Waals surface area contributed by atoms with Crippen LogP contribution in [0, 0.1) is 0 Å². The average molecular weight is 296 g/mol. The summed E-state index contributed by atoms with van der Waals surface area (Å²) >= 11 is 0. The van der Waals surface area contributed by atoms with Gasteiger partial charge in [0.1, 0.15) is 0 Å². The molecule has 0 radical (unpaired) electrons. The predicted molar refractivity (Wildman–Crippen MR) is 77.4 cm³/mol. The third-order valence-electron chi connectivity index (χ3n) is 3.87. The van der Waals surface area contributed by atoms with Crippen molar-refractivity contribution in [3.05, 3.63) is 23.8 Å². The van der Waals surface area contributed by atoms with E-state index in [0.29, 0.717) is 18.1 Å². The molecule has 0 aliphatic carbocycles. The molecule has 1 aromatic carbocycles. The lowest BCUT2D eigenvalue weighted by Gasteiger charge is -2.24. The Labute approximate surface area is 119 Å². The van der Waals surface area contributed by atoms with Gasteiger partial charge in [-0.2, -0.15) is 0 Å². The second kappa shape index (κ2) is 5.71. The van der Waals surface area contributed by atoms with Crippen molar-refractivity contribution >= 4 is 15.7 Å². The zero-order chi connectivity index (χ0) is 14.0. The van der Waals surface area contributed by atoms with Gasteiger partial charge in [0.25, 0.3) is 0 Å². The van der Waals surface area contributed by atoms with Crippen LogP contribution >= 0.6 is 0 Å². The van der Waals surface area contributed by atoms with E-state index in [1.807, 2.05) is 6.07 Å². The van der Waals surface area contributed by atoms with E-state index in [0.717, 1.165) is 37.9 Å².